The number of hydrogen-bond acceptors (Lipinski definition) is 4. The van der Waals surface area contributed by atoms with Crippen LogP contribution in [-0.4, -0.2) is 36.7 Å². The zero-order chi connectivity index (χ0) is 16.8. The van der Waals surface area contributed by atoms with Crippen molar-refractivity contribution < 1.29 is 13.5 Å². The minimum atomic E-state index is -0.285. The molecule has 1 unspecified atom stereocenters. The van der Waals surface area contributed by atoms with Crippen LogP contribution in [0.1, 0.15) is 18.5 Å². The van der Waals surface area contributed by atoms with Crippen molar-refractivity contribution in [2.24, 2.45) is 10.7 Å². The quantitative estimate of drug-likeness (QED) is 0.394. The van der Waals surface area contributed by atoms with Gasteiger partial charge in [-0.25, -0.2) is 9.37 Å². The first kappa shape index (κ1) is 19.6. The molecule has 1 atom stereocenters. The summed E-state index contributed by atoms with van der Waals surface area (Å²) >= 11 is 0. The fraction of sp³-hybridized carbons (Fsp3) is 0.412. The fourth-order valence-electron chi connectivity index (χ4n) is 2.51. The van der Waals surface area contributed by atoms with E-state index in [2.05, 4.69) is 15.3 Å². The van der Waals surface area contributed by atoms with Crippen molar-refractivity contribution >= 4 is 29.9 Å². The predicted molar refractivity (Wildman–Crippen MR) is 104 cm³/mol. The second-order valence-corrected chi connectivity index (χ2v) is 5.69. The van der Waals surface area contributed by atoms with Gasteiger partial charge in [0.2, 0.25) is 5.89 Å². The van der Waals surface area contributed by atoms with Crippen molar-refractivity contribution in [3.63, 3.8) is 0 Å². The van der Waals surface area contributed by atoms with Gasteiger partial charge in [-0.15, -0.1) is 24.0 Å². The molecule has 6 nitrogen and oxygen atoms in total. The van der Waals surface area contributed by atoms with Crippen LogP contribution in [0.25, 0.3) is 11.5 Å². The van der Waals surface area contributed by atoms with E-state index in [0.29, 0.717) is 31.4 Å². The number of benzene rings is 1. The highest BCUT2D eigenvalue weighted by atomic mass is 127. The number of aromatic nitrogens is 1. The third-order valence-corrected chi connectivity index (χ3v) is 3.82. The highest BCUT2D eigenvalue weighted by Gasteiger charge is 2.14. The van der Waals surface area contributed by atoms with Gasteiger partial charge in [0.05, 0.1) is 18.3 Å². The van der Waals surface area contributed by atoms with Crippen LogP contribution in [0.5, 0.6) is 0 Å². The molecule has 136 valence electrons. The summed E-state index contributed by atoms with van der Waals surface area (Å²) in [4.78, 5) is 8.66. The predicted octanol–water partition coefficient (Wildman–Crippen LogP) is 2.72. The van der Waals surface area contributed by atoms with E-state index in [-0.39, 0.29) is 35.9 Å². The van der Waals surface area contributed by atoms with Crippen molar-refractivity contribution in [2.75, 3.05) is 19.7 Å². The minimum Gasteiger partial charge on any atom is -0.444 e. The van der Waals surface area contributed by atoms with Crippen LogP contribution in [0.3, 0.4) is 0 Å². The van der Waals surface area contributed by atoms with E-state index in [1.54, 1.807) is 18.4 Å². The second kappa shape index (κ2) is 9.71. The summed E-state index contributed by atoms with van der Waals surface area (Å²) in [5.41, 5.74) is 7.37. The molecule has 0 bridgehead atoms. The van der Waals surface area contributed by atoms with Crippen LogP contribution < -0.4 is 11.1 Å². The molecule has 1 aromatic heterocycles. The van der Waals surface area contributed by atoms with Crippen LogP contribution in [0.4, 0.5) is 4.39 Å². The second-order valence-electron chi connectivity index (χ2n) is 5.69. The lowest BCUT2D eigenvalue weighted by molar-refractivity contribution is 0.118. The van der Waals surface area contributed by atoms with Crippen molar-refractivity contribution in [1.82, 2.24) is 10.3 Å². The molecule has 1 aliphatic heterocycles. The first-order valence-corrected chi connectivity index (χ1v) is 8.06. The Hall–Kier alpha value is -1.68. The van der Waals surface area contributed by atoms with Crippen LogP contribution in [0.15, 0.2) is 39.9 Å². The highest BCUT2D eigenvalue weighted by molar-refractivity contribution is 14.0. The standard InChI is InChI=1S/C17H21FN4O2.HI/c18-13-5-3-12(4-6-13)16-22-14(11-24-16)7-8-20-17(19)21-10-15-2-1-9-23-15;/h3-6,11,15H,1-2,7-10H2,(H3,19,20,21);1H. The maximum absolute atomic E-state index is 12.9. The van der Waals surface area contributed by atoms with Crippen LogP contribution in [0, 0.1) is 5.82 Å². The topological polar surface area (TPSA) is 85.7 Å². The normalized spacial score (nSPS) is 17.3. The molecule has 3 N–H and O–H groups in total. The maximum Gasteiger partial charge on any atom is 0.226 e. The van der Waals surface area contributed by atoms with Crippen molar-refractivity contribution in [3.8, 4) is 11.5 Å². The maximum atomic E-state index is 12.9. The molecule has 0 spiro atoms. The molecule has 8 heteroatoms. The van der Waals surface area contributed by atoms with Gasteiger partial charge >= 0.3 is 0 Å². The summed E-state index contributed by atoms with van der Waals surface area (Å²) in [6.45, 7) is 2.02. The molecule has 25 heavy (non-hydrogen) atoms. The number of halogens is 2. The monoisotopic (exact) mass is 460 g/mol. The Bertz CT molecular complexity index is 684. The van der Waals surface area contributed by atoms with Gasteiger partial charge in [-0.05, 0) is 37.1 Å². The number of nitrogens with zero attached hydrogens (tertiary/aromatic N) is 2. The zero-order valence-electron chi connectivity index (χ0n) is 13.8. The summed E-state index contributed by atoms with van der Waals surface area (Å²) in [6.07, 6.45) is 4.58. The molecular formula is C17H22FIN4O2. The average molecular weight is 460 g/mol. The van der Waals surface area contributed by atoms with Gasteiger partial charge in [0.25, 0.3) is 0 Å². The van der Waals surface area contributed by atoms with Gasteiger partial charge in [0.1, 0.15) is 12.1 Å². The molecule has 1 saturated heterocycles. The van der Waals surface area contributed by atoms with Crippen LogP contribution in [0.2, 0.25) is 0 Å². The van der Waals surface area contributed by atoms with Gasteiger partial charge in [0, 0.05) is 25.1 Å². The van der Waals surface area contributed by atoms with E-state index in [1.165, 1.54) is 12.1 Å². The molecule has 0 saturated carbocycles. The number of rotatable bonds is 6. The Labute approximate surface area is 163 Å². The summed E-state index contributed by atoms with van der Waals surface area (Å²) in [7, 11) is 0. The highest BCUT2D eigenvalue weighted by Crippen LogP contribution is 2.19. The Kier molecular flexibility index (Phi) is 7.63. The number of oxazole rings is 1. The molecule has 1 aromatic carbocycles. The molecular weight excluding hydrogens is 438 g/mol. The van der Waals surface area contributed by atoms with Crippen LogP contribution >= 0.6 is 24.0 Å². The van der Waals surface area contributed by atoms with E-state index in [9.17, 15) is 4.39 Å². The molecule has 2 aromatic rings. The molecule has 1 aliphatic rings. The fourth-order valence-corrected chi connectivity index (χ4v) is 2.51. The molecule has 3 rings (SSSR count). The van der Waals surface area contributed by atoms with Gasteiger partial charge in [-0.1, -0.05) is 0 Å². The lowest BCUT2D eigenvalue weighted by Crippen LogP contribution is -2.34. The largest absolute Gasteiger partial charge is 0.444 e. The third kappa shape index (κ3) is 5.96. The van der Waals surface area contributed by atoms with E-state index in [0.717, 1.165) is 30.7 Å². The van der Waals surface area contributed by atoms with Crippen LogP contribution in [-0.2, 0) is 11.2 Å². The molecule has 0 radical (unpaired) electrons. The Morgan fingerprint density at radius 2 is 2.16 bits per heavy atom. The summed E-state index contributed by atoms with van der Waals surface area (Å²) in [6, 6.07) is 6.04. The van der Waals surface area contributed by atoms with Gasteiger partial charge in [0.15, 0.2) is 5.96 Å². The van der Waals surface area contributed by atoms with Gasteiger partial charge < -0.3 is 20.2 Å². The van der Waals surface area contributed by atoms with E-state index in [4.69, 9.17) is 14.9 Å². The zero-order valence-corrected chi connectivity index (χ0v) is 16.1. The Morgan fingerprint density at radius 1 is 1.36 bits per heavy atom. The number of ether oxygens (including phenoxy) is 1. The van der Waals surface area contributed by atoms with Crippen molar-refractivity contribution in [1.29, 1.82) is 0 Å². The lowest BCUT2D eigenvalue weighted by atomic mass is 10.2. The number of hydrogen-bond donors (Lipinski definition) is 2. The summed E-state index contributed by atoms with van der Waals surface area (Å²) < 4.78 is 23.8. The summed E-state index contributed by atoms with van der Waals surface area (Å²) in [5, 5.41) is 3.05. The molecule has 1 fully saturated rings. The number of guanidine groups is 1. The third-order valence-electron chi connectivity index (χ3n) is 3.82. The van der Waals surface area contributed by atoms with E-state index < -0.39 is 0 Å². The van der Waals surface area contributed by atoms with Gasteiger partial charge in [-0.3, -0.25) is 4.99 Å². The summed E-state index contributed by atoms with van der Waals surface area (Å²) in [5.74, 6) is 0.602. The Balaban J connectivity index is 0.00000225. The van der Waals surface area contributed by atoms with E-state index in [1.807, 2.05) is 0 Å². The number of aliphatic imine (C=N–C) groups is 1. The van der Waals surface area contributed by atoms with Crippen molar-refractivity contribution in [2.45, 2.75) is 25.4 Å². The smallest absolute Gasteiger partial charge is 0.226 e. The molecule has 2 heterocycles. The van der Waals surface area contributed by atoms with Crippen molar-refractivity contribution in [3.05, 3.63) is 42.0 Å². The van der Waals surface area contributed by atoms with Gasteiger partial charge in [-0.2, -0.15) is 0 Å². The number of nitrogens with two attached hydrogens (primary N) is 1. The Morgan fingerprint density at radius 3 is 2.88 bits per heavy atom. The lowest BCUT2D eigenvalue weighted by Gasteiger charge is -2.07. The first-order valence-electron chi connectivity index (χ1n) is 8.06. The average Bonchev–Trinajstić information content (AvgIpc) is 3.25. The molecule has 0 amide bonds. The molecule has 0 aliphatic carbocycles. The number of nitrogens with one attached hydrogen (secondary N) is 1. The SMILES string of the molecule is I.NC(=NCC1CCCO1)NCCc1coc(-c2ccc(F)cc2)n1. The minimum absolute atomic E-state index is 0. The van der Waals surface area contributed by atoms with E-state index >= 15 is 0 Å². The first-order chi connectivity index (χ1) is 11.7.